The number of aromatic nitrogens is 2. The lowest BCUT2D eigenvalue weighted by Crippen LogP contribution is -2.03. The van der Waals surface area contributed by atoms with Crippen LogP contribution in [0.15, 0.2) is 35.5 Å². The van der Waals surface area contributed by atoms with E-state index in [-0.39, 0.29) is 22.3 Å². The molecule has 0 aliphatic rings. The SMILES string of the molecule is CS(=O)(=O)c1ccc(Oc2ncnc(N)c2[N+](=O)[O-])cc1. The van der Waals surface area contributed by atoms with Gasteiger partial charge in [0.05, 0.1) is 9.82 Å². The van der Waals surface area contributed by atoms with E-state index >= 15 is 0 Å². The molecule has 2 rings (SSSR count). The maximum atomic E-state index is 11.3. The van der Waals surface area contributed by atoms with E-state index in [0.717, 1.165) is 12.6 Å². The van der Waals surface area contributed by atoms with E-state index in [0.29, 0.717) is 0 Å². The van der Waals surface area contributed by atoms with Crippen molar-refractivity contribution < 1.29 is 18.1 Å². The Kier molecular flexibility index (Phi) is 3.72. The largest absolute Gasteiger partial charge is 0.434 e. The number of sulfone groups is 1. The third kappa shape index (κ3) is 3.23. The fraction of sp³-hybridized carbons (Fsp3) is 0.0909. The Balaban J connectivity index is 2.35. The van der Waals surface area contributed by atoms with Crippen molar-refractivity contribution in [1.29, 1.82) is 0 Å². The highest BCUT2D eigenvalue weighted by Gasteiger charge is 2.23. The quantitative estimate of drug-likeness (QED) is 0.655. The van der Waals surface area contributed by atoms with Gasteiger partial charge in [-0.25, -0.2) is 13.4 Å². The normalized spacial score (nSPS) is 11.1. The second-order valence-electron chi connectivity index (χ2n) is 4.02. The van der Waals surface area contributed by atoms with Gasteiger partial charge in [0.25, 0.3) is 0 Å². The summed E-state index contributed by atoms with van der Waals surface area (Å²) in [6.45, 7) is 0. The van der Waals surface area contributed by atoms with Crippen LogP contribution in [0.2, 0.25) is 0 Å². The summed E-state index contributed by atoms with van der Waals surface area (Å²) in [4.78, 5) is 17.4. The summed E-state index contributed by atoms with van der Waals surface area (Å²) in [5, 5.41) is 10.9. The molecular weight excluding hydrogens is 300 g/mol. The summed E-state index contributed by atoms with van der Waals surface area (Å²) in [6.07, 6.45) is 2.10. The first-order valence-electron chi connectivity index (χ1n) is 5.52. The maximum absolute atomic E-state index is 11.3. The topological polar surface area (TPSA) is 138 Å². The van der Waals surface area contributed by atoms with Gasteiger partial charge in [-0.3, -0.25) is 10.1 Å². The molecule has 0 saturated carbocycles. The Bertz CT molecular complexity index is 789. The zero-order chi connectivity index (χ0) is 15.6. The Hall–Kier alpha value is -2.75. The van der Waals surface area contributed by atoms with Crippen LogP contribution in [0.3, 0.4) is 0 Å². The summed E-state index contributed by atoms with van der Waals surface area (Å²) < 4.78 is 27.9. The van der Waals surface area contributed by atoms with Crippen molar-refractivity contribution in [3.8, 4) is 11.6 Å². The van der Waals surface area contributed by atoms with E-state index in [9.17, 15) is 18.5 Å². The third-order valence-corrected chi connectivity index (χ3v) is 3.59. The van der Waals surface area contributed by atoms with Crippen molar-refractivity contribution in [3.05, 3.63) is 40.7 Å². The van der Waals surface area contributed by atoms with E-state index < -0.39 is 20.4 Å². The molecule has 1 heterocycles. The molecule has 0 bridgehead atoms. The van der Waals surface area contributed by atoms with Crippen molar-refractivity contribution in [1.82, 2.24) is 9.97 Å². The van der Waals surface area contributed by atoms with Crippen LogP contribution in [0.4, 0.5) is 11.5 Å². The highest BCUT2D eigenvalue weighted by molar-refractivity contribution is 7.90. The Morgan fingerprint density at radius 3 is 2.38 bits per heavy atom. The summed E-state index contributed by atoms with van der Waals surface area (Å²) in [5.74, 6) is -0.457. The van der Waals surface area contributed by atoms with Crippen molar-refractivity contribution in [2.24, 2.45) is 0 Å². The van der Waals surface area contributed by atoms with Gasteiger partial charge in [-0.15, -0.1) is 0 Å². The van der Waals surface area contributed by atoms with Crippen LogP contribution >= 0.6 is 0 Å². The number of nitro groups is 1. The molecule has 2 aromatic rings. The predicted molar refractivity (Wildman–Crippen MR) is 72.7 cm³/mol. The zero-order valence-corrected chi connectivity index (χ0v) is 11.6. The van der Waals surface area contributed by atoms with Crippen molar-refractivity contribution in [2.45, 2.75) is 4.90 Å². The van der Waals surface area contributed by atoms with E-state index in [1.165, 1.54) is 24.3 Å². The zero-order valence-electron chi connectivity index (χ0n) is 10.8. The fourth-order valence-electron chi connectivity index (χ4n) is 1.49. The smallest absolute Gasteiger partial charge is 0.372 e. The minimum atomic E-state index is -3.33. The van der Waals surface area contributed by atoms with Gasteiger partial charge in [-0.1, -0.05) is 0 Å². The molecule has 0 unspecified atom stereocenters. The predicted octanol–water partition coefficient (Wildman–Crippen LogP) is 1.16. The molecule has 0 spiro atoms. The molecule has 0 amide bonds. The Morgan fingerprint density at radius 2 is 1.86 bits per heavy atom. The summed E-state index contributed by atoms with van der Waals surface area (Å²) in [6, 6.07) is 5.36. The highest BCUT2D eigenvalue weighted by Crippen LogP contribution is 2.32. The fourth-order valence-corrected chi connectivity index (χ4v) is 2.12. The second kappa shape index (κ2) is 5.32. The van der Waals surface area contributed by atoms with Crippen LogP contribution < -0.4 is 10.5 Å². The highest BCUT2D eigenvalue weighted by atomic mass is 32.2. The van der Waals surface area contributed by atoms with Gasteiger partial charge in [0.15, 0.2) is 9.84 Å². The third-order valence-electron chi connectivity index (χ3n) is 2.47. The Morgan fingerprint density at radius 1 is 1.24 bits per heavy atom. The second-order valence-corrected chi connectivity index (χ2v) is 6.03. The average Bonchev–Trinajstić information content (AvgIpc) is 2.38. The molecule has 1 aromatic carbocycles. The molecular formula is C11H10N4O5S. The minimum absolute atomic E-state index is 0.103. The first kappa shape index (κ1) is 14.7. The molecule has 0 radical (unpaired) electrons. The molecule has 21 heavy (non-hydrogen) atoms. The molecule has 10 heteroatoms. The Labute approximate surface area is 119 Å². The molecule has 0 aliphatic heterocycles. The van der Waals surface area contributed by atoms with Crippen LogP contribution in [-0.2, 0) is 9.84 Å². The number of anilines is 1. The number of rotatable bonds is 4. The van der Waals surface area contributed by atoms with Crippen LogP contribution in [0.1, 0.15) is 0 Å². The molecule has 0 saturated heterocycles. The number of nitrogen functional groups attached to an aromatic ring is 1. The van der Waals surface area contributed by atoms with Crippen LogP contribution in [0, 0.1) is 10.1 Å². The molecule has 0 atom stereocenters. The van der Waals surface area contributed by atoms with Crippen molar-refractivity contribution in [3.63, 3.8) is 0 Å². The monoisotopic (exact) mass is 310 g/mol. The lowest BCUT2D eigenvalue weighted by atomic mass is 10.3. The maximum Gasteiger partial charge on any atom is 0.372 e. The number of hydrogen-bond acceptors (Lipinski definition) is 8. The van der Waals surface area contributed by atoms with Crippen LogP contribution in [0.25, 0.3) is 0 Å². The van der Waals surface area contributed by atoms with Gasteiger partial charge in [0, 0.05) is 6.26 Å². The number of benzene rings is 1. The van der Waals surface area contributed by atoms with E-state index in [2.05, 4.69) is 9.97 Å². The first-order chi connectivity index (χ1) is 9.79. The molecule has 0 fully saturated rings. The van der Waals surface area contributed by atoms with Gasteiger partial charge < -0.3 is 10.5 Å². The standard InChI is InChI=1S/C11H10N4O5S/c1-21(18,19)8-4-2-7(3-5-8)20-11-9(15(16)17)10(12)13-6-14-11/h2-6H,1H3,(H2,12,13,14). The number of ether oxygens (including phenoxy) is 1. The first-order valence-corrected chi connectivity index (χ1v) is 7.41. The van der Waals surface area contributed by atoms with Crippen molar-refractivity contribution in [2.75, 3.05) is 12.0 Å². The van der Waals surface area contributed by atoms with Gasteiger partial charge in [0.2, 0.25) is 5.82 Å². The molecule has 110 valence electrons. The van der Waals surface area contributed by atoms with Gasteiger partial charge in [-0.2, -0.15) is 4.98 Å². The summed E-state index contributed by atoms with van der Waals surface area (Å²) in [5.41, 5.74) is 4.85. The lowest BCUT2D eigenvalue weighted by molar-refractivity contribution is -0.385. The molecule has 0 aliphatic carbocycles. The van der Waals surface area contributed by atoms with E-state index in [4.69, 9.17) is 10.5 Å². The molecule has 1 aromatic heterocycles. The summed E-state index contributed by atoms with van der Waals surface area (Å²) in [7, 11) is -3.33. The van der Waals surface area contributed by atoms with Gasteiger partial charge >= 0.3 is 11.6 Å². The van der Waals surface area contributed by atoms with Crippen LogP contribution in [0.5, 0.6) is 11.6 Å². The average molecular weight is 310 g/mol. The molecule has 9 nitrogen and oxygen atoms in total. The summed E-state index contributed by atoms with van der Waals surface area (Å²) >= 11 is 0. The van der Waals surface area contributed by atoms with Gasteiger partial charge in [0.1, 0.15) is 12.1 Å². The van der Waals surface area contributed by atoms with E-state index in [1.54, 1.807) is 0 Å². The number of nitrogens with zero attached hydrogens (tertiary/aromatic N) is 3. The molecule has 2 N–H and O–H groups in total. The van der Waals surface area contributed by atoms with Crippen LogP contribution in [-0.4, -0.2) is 29.6 Å². The van der Waals surface area contributed by atoms with Crippen molar-refractivity contribution >= 4 is 21.3 Å². The minimum Gasteiger partial charge on any atom is -0.434 e. The van der Waals surface area contributed by atoms with E-state index in [1.807, 2.05) is 0 Å². The lowest BCUT2D eigenvalue weighted by Gasteiger charge is -2.06. The number of nitrogens with two attached hydrogens (primary N) is 1. The number of hydrogen-bond donors (Lipinski definition) is 1. The van der Waals surface area contributed by atoms with Gasteiger partial charge in [-0.05, 0) is 24.3 Å².